The second-order valence-corrected chi connectivity index (χ2v) is 4.52. The number of urea groups is 1. The Bertz CT molecular complexity index is 678. The fourth-order valence-electron chi connectivity index (χ4n) is 1.69. The number of para-hydroxylation sites is 1. The topological polar surface area (TPSA) is 117 Å². The van der Waals surface area contributed by atoms with Crippen molar-refractivity contribution in [3.05, 3.63) is 29.8 Å². The minimum absolute atomic E-state index is 0.0463. The molecule has 3 amide bonds. The molecule has 8 nitrogen and oxygen atoms in total. The average Bonchev–Trinajstić information content (AvgIpc) is 2.52. The van der Waals surface area contributed by atoms with Gasteiger partial charge in [0.05, 0.1) is 7.11 Å². The number of hydrogen-bond donors (Lipinski definition) is 2. The number of esters is 1. The highest BCUT2D eigenvalue weighted by Crippen LogP contribution is 2.33. The van der Waals surface area contributed by atoms with E-state index in [1.54, 1.807) is 5.32 Å². The number of rotatable bonds is 7. The molecule has 0 radical (unpaired) electrons. The third-order valence-corrected chi connectivity index (χ3v) is 2.74. The fourth-order valence-corrected chi connectivity index (χ4v) is 1.69. The highest BCUT2D eigenvalue weighted by molar-refractivity contribution is 5.97. The van der Waals surface area contributed by atoms with E-state index in [1.807, 2.05) is 0 Å². The van der Waals surface area contributed by atoms with E-state index < -0.39 is 30.6 Å². The summed E-state index contributed by atoms with van der Waals surface area (Å²) >= 11 is 0. The molecule has 0 fully saturated rings. The van der Waals surface area contributed by atoms with Crippen molar-refractivity contribution in [1.29, 1.82) is 0 Å². The van der Waals surface area contributed by atoms with Crippen LogP contribution in [-0.2, 0) is 14.3 Å². The molecule has 136 valence electrons. The lowest BCUT2D eigenvalue weighted by atomic mass is 10.1. The molecular formula is C15H16F2N2O6. The van der Waals surface area contributed by atoms with Crippen LogP contribution < -0.4 is 20.5 Å². The van der Waals surface area contributed by atoms with E-state index in [-0.39, 0.29) is 17.1 Å². The van der Waals surface area contributed by atoms with Crippen molar-refractivity contribution in [2.24, 2.45) is 5.73 Å². The number of imide groups is 1. The van der Waals surface area contributed by atoms with Crippen molar-refractivity contribution in [2.45, 2.75) is 19.6 Å². The molecule has 1 aromatic rings. The number of carbonyl (C=O) groups excluding carboxylic acids is 3. The molecule has 0 aliphatic rings. The number of carbonyl (C=O) groups is 3. The lowest BCUT2D eigenvalue weighted by Crippen LogP contribution is -2.42. The summed E-state index contributed by atoms with van der Waals surface area (Å²) in [5, 5.41) is 1.75. The van der Waals surface area contributed by atoms with Gasteiger partial charge in [0.15, 0.2) is 17.6 Å². The Labute approximate surface area is 141 Å². The number of benzene rings is 1. The third-order valence-electron chi connectivity index (χ3n) is 2.74. The Morgan fingerprint density at radius 2 is 1.96 bits per heavy atom. The number of halogens is 2. The SMILES string of the molecule is COc1cccc(/C=C/C(=O)O[C@@H](C)C(=O)NC(N)=O)c1OC(F)F. The van der Waals surface area contributed by atoms with Crippen molar-refractivity contribution < 1.29 is 37.4 Å². The zero-order valence-electron chi connectivity index (χ0n) is 13.3. The summed E-state index contributed by atoms with van der Waals surface area (Å²) in [5.41, 5.74) is 4.90. The number of methoxy groups -OCH3 is 1. The molecular weight excluding hydrogens is 342 g/mol. The number of amides is 3. The number of ether oxygens (including phenoxy) is 3. The minimum atomic E-state index is -3.09. The van der Waals surface area contributed by atoms with Crippen LogP contribution in [0.1, 0.15) is 12.5 Å². The summed E-state index contributed by atoms with van der Waals surface area (Å²) in [6.07, 6.45) is 0.773. The van der Waals surface area contributed by atoms with Crippen LogP contribution in [0.2, 0.25) is 0 Å². The molecule has 1 aromatic carbocycles. The molecule has 10 heteroatoms. The number of hydrogen-bond acceptors (Lipinski definition) is 6. The minimum Gasteiger partial charge on any atom is -0.493 e. The van der Waals surface area contributed by atoms with Gasteiger partial charge in [0, 0.05) is 11.6 Å². The molecule has 0 bridgehead atoms. The first kappa shape index (κ1) is 19.9. The van der Waals surface area contributed by atoms with Crippen LogP contribution in [0.25, 0.3) is 6.08 Å². The van der Waals surface area contributed by atoms with Crippen molar-refractivity contribution in [3.63, 3.8) is 0 Å². The molecule has 0 spiro atoms. The van der Waals surface area contributed by atoms with Crippen molar-refractivity contribution in [2.75, 3.05) is 7.11 Å². The van der Waals surface area contributed by atoms with E-state index in [9.17, 15) is 23.2 Å². The second-order valence-electron chi connectivity index (χ2n) is 4.52. The molecule has 3 N–H and O–H groups in total. The molecule has 1 rings (SSSR count). The van der Waals surface area contributed by atoms with Crippen LogP contribution in [0.5, 0.6) is 11.5 Å². The van der Waals surface area contributed by atoms with Gasteiger partial charge in [-0.25, -0.2) is 9.59 Å². The van der Waals surface area contributed by atoms with Gasteiger partial charge >= 0.3 is 18.6 Å². The summed E-state index contributed by atoms with van der Waals surface area (Å²) in [6.45, 7) is -1.87. The first-order valence-electron chi connectivity index (χ1n) is 6.85. The molecule has 0 saturated carbocycles. The maximum absolute atomic E-state index is 12.5. The predicted octanol–water partition coefficient (Wildman–Crippen LogP) is 1.44. The highest BCUT2D eigenvalue weighted by Gasteiger charge is 2.18. The molecule has 0 saturated heterocycles. The van der Waals surface area contributed by atoms with Crippen molar-refractivity contribution in [3.8, 4) is 11.5 Å². The predicted molar refractivity (Wildman–Crippen MR) is 81.9 cm³/mol. The van der Waals surface area contributed by atoms with Gasteiger partial charge in [0.2, 0.25) is 0 Å². The Morgan fingerprint density at radius 3 is 2.52 bits per heavy atom. The Kier molecular flexibility index (Phi) is 7.32. The van der Waals surface area contributed by atoms with Crippen LogP contribution in [-0.4, -0.2) is 37.7 Å². The summed E-state index contributed by atoms with van der Waals surface area (Å²) < 4.78 is 39.1. The molecule has 0 aromatic heterocycles. The average molecular weight is 358 g/mol. The van der Waals surface area contributed by atoms with Crippen molar-refractivity contribution >= 4 is 24.0 Å². The van der Waals surface area contributed by atoms with Gasteiger partial charge in [-0.05, 0) is 19.1 Å². The molecule has 25 heavy (non-hydrogen) atoms. The Morgan fingerprint density at radius 1 is 1.28 bits per heavy atom. The van der Waals surface area contributed by atoms with Gasteiger partial charge in [-0.2, -0.15) is 8.78 Å². The van der Waals surface area contributed by atoms with E-state index in [4.69, 9.17) is 15.2 Å². The van der Waals surface area contributed by atoms with Crippen LogP contribution in [0, 0.1) is 0 Å². The van der Waals surface area contributed by atoms with Gasteiger partial charge in [0.25, 0.3) is 5.91 Å². The second kappa shape index (κ2) is 9.21. The lowest BCUT2D eigenvalue weighted by molar-refractivity contribution is -0.149. The number of nitrogens with one attached hydrogen (secondary N) is 1. The lowest BCUT2D eigenvalue weighted by Gasteiger charge is -2.12. The van der Waals surface area contributed by atoms with E-state index in [1.165, 1.54) is 32.2 Å². The Balaban J connectivity index is 2.85. The molecule has 1 atom stereocenters. The summed E-state index contributed by atoms with van der Waals surface area (Å²) in [5.74, 6) is -2.07. The van der Waals surface area contributed by atoms with E-state index in [0.29, 0.717) is 0 Å². The number of nitrogens with two attached hydrogens (primary N) is 1. The molecule has 0 aliphatic carbocycles. The van der Waals surface area contributed by atoms with Gasteiger partial charge in [-0.1, -0.05) is 12.1 Å². The molecule has 0 unspecified atom stereocenters. The maximum Gasteiger partial charge on any atom is 0.387 e. The normalized spacial score (nSPS) is 11.9. The van der Waals surface area contributed by atoms with Crippen LogP contribution in [0.15, 0.2) is 24.3 Å². The van der Waals surface area contributed by atoms with Crippen LogP contribution >= 0.6 is 0 Å². The quantitative estimate of drug-likeness (QED) is 0.563. The number of primary amides is 1. The van der Waals surface area contributed by atoms with E-state index in [2.05, 4.69) is 4.74 Å². The third kappa shape index (κ3) is 6.45. The van der Waals surface area contributed by atoms with E-state index >= 15 is 0 Å². The summed E-state index contributed by atoms with van der Waals surface area (Å²) in [4.78, 5) is 33.6. The maximum atomic E-state index is 12.5. The van der Waals surface area contributed by atoms with Gasteiger partial charge < -0.3 is 19.9 Å². The Hall–Kier alpha value is -3.17. The molecule has 0 aliphatic heterocycles. The molecule has 0 heterocycles. The first-order chi connectivity index (χ1) is 11.7. The highest BCUT2D eigenvalue weighted by atomic mass is 19.3. The zero-order chi connectivity index (χ0) is 19.0. The van der Waals surface area contributed by atoms with Crippen molar-refractivity contribution in [1.82, 2.24) is 5.32 Å². The zero-order valence-corrected chi connectivity index (χ0v) is 13.3. The fraction of sp³-hybridized carbons (Fsp3) is 0.267. The van der Waals surface area contributed by atoms with Crippen LogP contribution in [0.4, 0.5) is 13.6 Å². The van der Waals surface area contributed by atoms with E-state index in [0.717, 1.165) is 12.2 Å². The monoisotopic (exact) mass is 358 g/mol. The summed E-state index contributed by atoms with van der Waals surface area (Å²) in [7, 11) is 1.27. The number of alkyl halides is 2. The summed E-state index contributed by atoms with van der Waals surface area (Å²) in [6, 6.07) is 3.23. The van der Waals surface area contributed by atoms with Gasteiger partial charge in [-0.15, -0.1) is 0 Å². The van der Waals surface area contributed by atoms with Gasteiger partial charge in [-0.3, -0.25) is 10.1 Å². The largest absolute Gasteiger partial charge is 0.493 e. The van der Waals surface area contributed by atoms with Crippen LogP contribution in [0.3, 0.4) is 0 Å². The first-order valence-corrected chi connectivity index (χ1v) is 6.85. The smallest absolute Gasteiger partial charge is 0.387 e. The standard InChI is InChI=1S/C15H16F2N2O6/c1-8(13(21)19-15(18)22)24-11(20)7-6-9-4-3-5-10(23-2)12(9)25-14(16)17/h3-8,14H,1-2H3,(H3,18,19,21,22)/b7-6+/t8-/m0/s1. The van der Waals surface area contributed by atoms with Gasteiger partial charge in [0.1, 0.15) is 0 Å².